The molecule has 5 heteroatoms. The highest BCUT2D eigenvalue weighted by Gasteiger charge is 2.14. The molecule has 0 aliphatic rings. The van der Waals surface area contributed by atoms with Crippen LogP contribution in [-0.2, 0) is 4.79 Å². The number of rotatable bonds is 5. The molecule has 1 heterocycles. The zero-order valence-electron chi connectivity index (χ0n) is 15.3. The number of aryl methyl sites for hydroxylation is 2. The molecule has 0 bridgehead atoms. The number of fused-ring (bicyclic) bond motifs is 1. The third-order valence-corrected chi connectivity index (χ3v) is 4.52. The highest BCUT2D eigenvalue weighted by atomic mass is 16.1. The molecule has 0 fully saturated rings. The Kier molecular flexibility index (Phi) is 5.16. The molecule has 0 unspecified atom stereocenters. The van der Waals surface area contributed by atoms with Crippen LogP contribution in [0.25, 0.3) is 22.3 Å². The van der Waals surface area contributed by atoms with Gasteiger partial charge < -0.3 is 10.3 Å². The van der Waals surface area contributed by atoms with Gasteiger partial charge in [-0.15, -0.1) is 0 Å². The van der Waals surface area contributed by atoms with Gasteiger partial charge in [0.05, 0.1) is 16.7 Å². The Morgan fingerprint density at radius 1 is 1.15 bits per heavy atom. The summed E-state index contributed by atoms with van der Waals surface area (Å²) in [5, 5.41) is 2.91. The van der Waals surface area contributed by atoms with Crippen LogP contribution in [0.2, 0.25) is 0 Å². The van der Waals surface area contributed by atoms with Gasteiger partial charge in [0.2, 0.25) is 5.91 Å². The van der Waals surface area contributed by atoms with Gasteiger partial charge in [-0.1, -0.05) is 31.5 Å². The Hall–Kier alpha value is -2.95. The number of nitrogens with one attached hydrogen (secondary N) is 2. The molecule has 0 saturated heterocycles. The summed E-state index contributed by atoms with van der Waals surface area (Å²) >= 11 is 0. The molecular weight excluding hydrogens is 326 g/mol. The van der Waals surface area contributed by atoms with E-state index in [0.717, 1.165) is 29.5 Å². The predicted octanol–water partition coefficient (Wildman–Crippen LogP) is 4.34. The van der Waals surface area contributed by atoms with Crippen molar-refractivity contribution >= 4 is 22.6 Å². The number of H-pyrrole nitrogens is 1. The normalized spacial score (nSPS) is 10.9. The lowest BCUT2D eigenvalue weighted by atomic mass is 10.1. The van der Waals surface area contributed by atoms with Gasteiger partial charge in [0.1, 0.15) is 5.69 Å². The second-order valence-electron chi connectivity index (χ2n) is 6.57. The topological polar surface area (TPSA) is 74.8 Å². The first-order valence-electron chi connectivity index (χ1n) is 8.90. The molecule has 2 N–H and O–H groups in total. The zero-order chi connectivity index (χ0) is 18.7. The van der Waals surface area contributed by atoms with E-state index in [9.17, 15) is 9.59 Å². The maximum Gasteiger partial charge on any atom is 0.275 e. The van der Waals surface area contributed by atoms with Crippen LogP contribution in [0.1, 0.15) is 37.3 Å². The molecular formula is C21H23N3O2. The molecule has 0 aliphatic heterocycles. The van der Waals surface area contributed by atoms with Gasteiger partial charge in [0.15, 0.2) is 0 Å². The first-order chi connectivity index (χ1) is 12.5. The SMILES string of the molecule is CCCCC(=O)Nc1ccccc1-c1nc2cc(C)c(C)cc2[nH]c1=O. The molecule has 26 heavy (non-hydrogen) atoms. The summed E-state index contributed by atoms with van der Waals surface area (Å²) in [5.74, 6) is -0.0528. The molecule has 3 rings (SSSR count). The molecule has 1 aromatic heterocycles. The monoisotopic (exact) mass is 349 g/mol. The number of carbonyl (C=O) groups is 1. The van der Waals surface area contributed by atoms with E-state index in [-0.39, 0.29) is 11.5 Å². The van der Waals surface area contributed by atoms with E-state index in [1.165, 1.54) is 0 Å². The molecule has 1 amide bonds. The average Bonchev–Trinajstić information content (AvgIpc) is 2.62. The number of aromatic amines is 1. The Bertz CT molecular complexity index is 1020. The average molecular weight is 349 g/mol. The van der Waals surface area contributed by atoms with Crippen LogP contribution < -0.4 is 10.9 Å². The molecule has 5 nitrogen and oxygen atoms in total. The van der Waals surface area contributed by atoms with Crippen molar-refractivity contribution in [3.8, 4) is 11.3 Å². The minimum atomic E-state index is -0.268. The van der Waals surface area contributed by atoms with E-state index in [0.29, 0.717) is 28.9 Å². The van der Waals surface area contributed by atoms with Crippen LogP contribution >= 0.6 is 0 Å². The molecule has 0 radical (unpaired) electrons. The Balaban J connectivity index is 2.06. The first kappa shape index (κ1) is 17.9. The Morgan fingerprint density at radius 2 is 1.88 bits per heavy atom. The van der Waals surface area contributed by atoms with E-state index in [2.05, 4.69) is 15.3 Å². The third-order valence-electron chi connectivity index (χ3n) is 4.52. The molecule has 0 spiro atoms. The van der Waals surface area contributed by atoms with Crippen molar-refractivity contribution in [3.63, 3.8) is 0 Å². The molecule has 134 valence electrons. The zero-order valence-corrected chi connectivity index (χ0v) is 15.3. The number of aromatic nitrogens is 2. The maximum absolute atomic E-state index is 12.6. The van der Waals surface area contributed by atoms with Crippen LogP contribution in [0.5, 0.6) is 0 Å². The number of hydrogen-bond acceptors (Lipinski definition) is 3. The summed E-state index contributed by atoms with van der Waals surface area (Å²) in [6.07, 6.45) is 2.26. The Labute approximate surface area is 152 Å². The standard InChI is InChI=1S/C21H23N3O2/c1-4-5-10-19(25)22-16-9-7-6-8-15(16)20-21(26)24-18-12-14(3)13(2)11-17(18)23-20/h6-9,11-12H,4-5,10H2,1-3H3,(H,22,25)(H,24,26). The number of amides is 1. The molecule has 0 aliphatic carbocycles. The second kappa shape index (κ2) is 7.52. The van der Waals surface area contributed by atoms with Crippen molar-refractivity contribution in [3.05, 3.63) is 57.9 Å². The molecule has 3 aromatic rings. The van der Waals surface area contributed by atoms with Gasteiger partial charge in [-0.05, 0) is 49.6 Å². The van der Waals surface area contributed by atoms with E-state index in [1.807, 2.05) is 45.0 Å². The fourth-order valence-electron chi connectivity index (χ4n) is 2.88. The van der Waals surface area contributed by atoms with Crippen molar-refractivity contribution < 1.29 is 4.79 Å². The van der Waals surface area contributed by atoms with Gasteiger partial charge in [-0.2, -0.15) is 0 Å². The molecule has 2 aromatic carbocycles. The minimum Gasteiger partial charge on any atom is -0.325 e. The number of anilines is 1. The largest absolute Gasteiger partial charge is 0.325 e. The number of unbranched alkanes of at least 4 members (excludes halogenated alkanes) is 1. The number of carbonyl (C=O) groups excluding carboxylic acids is 1. The lowest BCUT2D eigenvalue weighted by molar-refractivity contribution is -0.116. The lowest BCUT2D eigenvalue weighted by Crippen LogP contribution is -2.15. The van der Waals surface area contributed by atoms with E-state index >= 15 is 0 Å². The summed E-state index contributed by atoms with van der Waals surface area (Å²) < 4.78 is 0. The Morgan fingerprint density at radius 3 is 2.65 bits per heavy atom. The summed E-state index contributed by atoms with van der Waals surface area (Å²) in [4.78, 5) is 32.2. The van der Waals surface area contributed by atoms with Crippen molar-refractivity contribution in [1.82, 2.24) is 9.97 Å². The lowest BCUT2D eigenvalue weighted by Gasteiger charge is -2.11. The van der Waals surface area contributed by atoms with Gasteiger partial charge in [0, 0.05) is 12.0 Å². The number of benzene rings is 2. The van der Waals surface area contributed by atoms with Crippen molar-refractivity contribution in [1.29, 1.82) is 0 Å². The summed E-state index contributed by atoms with van der Waals surface area (Å²) in [6.45, 7) is 6.06. The van der Waals surface area contributed by atoms with Gasteiger partial charge in [0.25, 0.3) is 5.56 Å². The highest BCUT2D eigenvalue weighted by molar-refractivity contribution is 5.95. The molecule has 0 atom stereocenters. The number of para-hydroxylation sites is 1. The smallest absolute Gasteiger partial charge is 0.275 e. The van der Waals surface area contributed by atoms with Crippen LogP contribution in [0, 0.1) is 13.8 Å². The summed E-state index contributed by atoms with van der Waals surface area (Å²) in [5.41, 5.74) is 4.94. The van der Waals surface area contributed by atoms with Crippen molar-refractivity contribution in [2.75, 3.05) is 5.32 Å². The van der Waals surface area contributed by atoms with E-state index < -0.39 is 0 Å². The highest BCUT2D eigenvalue weighted by Crippen LogP contribution is 2.26. The van der Waals surface area contributed by atoms with E-state index in [4.69, 9.17) is 0 Å². The van der Waals surface area contributed by atoms with Gasteiger partial charge in [-0.25, -0.2) is 4.98 Å². The quantitative estimate of drug-likeness (QED) is 0.720. The fraction of sp³-hybridized carbons (Fsp3) is 0.286. The van der Waals surface area contributed by atoms with E-state index in [1.54, 1.807) is 12.1 Å². The third kappa shape index (κ3) is 3.67. The number of hydrogen-bond donors (Lipinski definition) is 2. The van der Waals surface area contributed by atoms with Crippen molar-refractivity contribution in [2.45, 2.75) is 40.0 Å². The first-order valence-corrected chi connectivity index (χ1v) is 8.90. The fourth-order valence-corrected chi connectivity index (χ4v) is 2.88. The van der Waals surface area contributed by atoms with Crippen LogP contribution in [0.15, 0.2) is 41.2 Å². The van der Waals surface area contributed by atoms with Crippen LogP contribution in [0.4, 0.5) is 5.69 Å². The van der Waals surface area contributed by atoms with Crippen LogP contribution in [0.3, 0.4) is 0 Å². The van der Waals surface area contributed by atoms with Crippen molar-refractivity contribution in [2.24, 2.45) is 0 Å². The minimum absolute atomic E-state index is 0.0528. The van der Waals surface area contributed by atoms with Gasteiger partial charge in [-0.3, -0.25) is 9.59 Å². The number of nitrogens with zero attached hydrogens (tertiary/aromatic N) is 1. The van der Waals surface area contributed by atoms with Crippen LogP contribution in [-0.4, -0.2) is 15.9 Å². The van der Waals surface area contributed by atoms with Gasteiger partial charge >= 0.3 is 0 Å². The maximum atomic E-state index is 12.6. The second-order valence-corrected chi connectivity index (χ2v) is 6.57. The predicted molar refractivity (Wildman–Crippen MR) is 105 cm³/mol. The summed E-state index contributed by atoms with van der Waals surface area (Å²) in [7, 11) is 0. The summed E-state index contributed by atoms with van der Waals surface area (Å²) in [6, 6.07) is 11.2. The molecule has 0 saturated carbocycles.